The maximum absolute atomic E-state index is 12.9. The van der Waals surface area contributed by atoms with Gasteiger partial charge in [0.15, 0.2) is 0 Å². The van der Waals surface area contributed by atoms with Crippen molar-refractivity contribution in [3.8, 4) is 6.07 Å². The summed E-state index contributed by atoms with van der Waals surface area (Å²) in [6.07, 6.45) is 0. The van der Waals surface area contributed by atoms with E-state index in [1.165, 1.54) is 0 Å². The number of nitrogens with zero attached hydrogens (tertiary/aromatic N) is 3. The van der Waals surface area contributed by atoms with Crippen LogP contribution in [-0.4, -0.2) is 49.6 Å². The van der Waals surface area contributed by atoms with E-state index in [-0.39, 0.29) is 5.91 Å². The molecule has 1 aliphatic rings. The Balaban J connectivity index is 2.23. The van der Waals surface area contributed by atoms with Gasteiger partial charge >= 0.3 is 0 Å². The molecule has 0 atom stereocenters. The van der Waals surface area contributed by atoms with E-state index in [0.29, 0.717) is 11.3 Å². The van der Waals surface area contributed by atoms with E-state index in [9.17, 15) is 10.1 Å². The van der Waals surface area contributed by atoms with E-state index < -0.39 is 5.54 Å². The van der Waals surface area contributed by atoms with E-state index in [4.69, 9.17) is 0 Å². The van der Waals surface area contributed by atoms with Crippen molar-refractivity contribution in [2.75, 3.05) is 38.1 Å². The zero-order chi connectivity index (χ0) is 15.5. The molecule has 1 aromatic rings. The number of carbonyl (C=O) groups excluding carboxylic acids is 1. The zero-order valence-corrected chi connectivity index (χ0v) is 12.9. The molecule has 0 unspecified atom stereocenters. The number of carbonyl (C=O) groups is 1. The Morgan fingerprint density at radius 3 is 2.57 bits per heavy atom. The highest BCUT2D eigenvalue weighted by Gasteiger charge is 2.37. The summed E-state index contributed by atoms with van der Waals surface area (Å²) in [5.74, 6) is 0.00657. The van der Waals surface area contributed by atoms with Gasteiger partial charge in [0.05, 0.1) is 16.8 Å². The number of anilines is 1. The number of piperazine rings is 1. The predicted molar refractivity (Wildman–Crippen MR) is 83.1 cm³/mol. The number of rotatable bonds is 3. The van der Waals surface area contributed by atoms with Crippen molar-refractivity contribution in [3.63, 3.8) is 0 Å². The zero-order valence-electron chi connectivity index (χ0n) is 12.9. The van der Waals surface area contributed by atoms with Crippen LogP contribution in [-0.2, 0) is 4.79 Å². The maximum atomic E-state index is 12.9. The van der Waals surface area contributed by atoms with Gasteiger partial charge in [-0.15, -0.1) is 0 Å². The number of likely N-dealkylation sites (N-methyl/N-ethyl adjacent to an activating group) is 1. The van der Waals surface area contributed by atoms with Gasteiger partial charge in [0.2, 0.25) is 5.91 Å². The van der Waals surface area contributed by atoms with Gasteiger partial charge in [-0.1, -0.05) is 12.1 Å². The average molecular weight is 286 g/mol. The number of para-hydroxylation sites is 1. The molecule has 0 aromatic heterocycles. The Hall–Kier alpha value is -1.90. The smallest absolute Gasteiger partial charge is 0.246 e. The van der Waals surface area contributed by atoms with Gasteiger partial charge in [0.25, 0.3) is 0 Å². The summed E-state index contributed by atoms with van der Waals surface area (Å²) in [6, 6.07) is 9.34. The minimum absolute atomic E-state index is 0.00657. The highest BCUT2D eigenvalue weighted by molar-refractivity contribution is 6.00. The first kappa shape index (κ1) is 15.5. The molecule has 1 heterocycles. The minimum Gasteiger partial charge on any atom is -0.314 e. The monoisotopic (exact) mass is 286 g/mol. The molecule has 1 fully saturated rings. The lowest BCUT2D eigenvalue weighted by Crippen LogP contribution is -2.60. The normalized spacial score (nSPS) is 16.3. The second-order valence-corrected chi connectivity index (χ2v) is 5.79. The molecule has 0 saturated carbocycles. The van der Waals surface area contributed by atoms with Crippen LogP contribution < -0.4 is 10.2 Å². The maximum Gasteiger partial charge on any atom is 0.246 e. The Morgan fingerprint density at radius 1 is 1.33 bits per heavy atom. The third-order valence-electron chi connectivity index (χ3n) is 4.12. The number of nitriles is 1. The molecule has 0 aliphatic carbocycles. The van der Waals surface area contributed by atoms with Gasteiger partial charge < -0.3 is 10.2 Å². The molecular weight excluding hydrogens is 264 g/mol. The van der Waals surface area contributed by atoms with Crippen LogP contribution in [0.5, 0.6) is 0 Å². The molecule has 112 valence electrons. The lowest BCUT2D eigenvalue weighted by Gasteiger charge is -2.41. The van der Waals surface area contributed by atoms with Crippen molar-refractivity contribution < 1.29 is 4.79 Å². The highest BCUT2D eigenvalue weighted by atomic mass is 16.2. The van der Waals surface area contributed by atoms with E-state index in [1.54, 1.807) is 18.0 Å². The van der Waals surface area contributed by atoms with Gasteiger partial charge in [-0.3, -0.25) is 9.69 Å². The van der Waals surface area contributed by atoms with E-state index in [1.807, 2.05) is 32.0 Å². The Kier molecular flexibility index (Phi) is 4.61. The van der Waals surface area contributed by atoms with Crippen molar-refractivity contribution in [1.29, 1.82) is 5.26 Å². The summed E-state index contributed by atoms with van der Waals surface area (Å²) in [6.45, 7) is 7.40. The van der Waals surface area contributed by atoms with Crippen molar-refractivity contribution in [3.05, 3.63) is 29.8 Å². The van der Waals surface area contributed by atoms with Crippen molar-refractivity contribution in [1.82, 2.24) is 10.2 Å². The molecule has 0 radical (unpaired) electrons. The number of hydrogen-bond donors (Lipinski definition) is 1. The van der Waals surface area contributed by atoms with Crippen molar-refractivity contribution >= 4 is 11.6 Å². The molecule has 1 N–H and O–H groups in total. The Morgan fingerprint density at radius 2 is 1.95 bits per heavy atom. The van der Waals surface area contributed by atoms with Crippen LogP contribution in [0.15, 0.2) is 24.3 Å². The third kappa shape index (κ3) is 3.07. The van der Waals surface area contributed by atoms with E-state index in [2.05, 4.69) is 16.3 Å². The fourth-order valence-corrected chi connectivity index (χ4v) is 2.74. The fraction of sp³-hybridized carbons (Fsp3) is 0.500. The predicted octanol–water partition coefficient (Wildman–Crippen LogP) is 1.20. The van der Waals surface area contributed by atoms with Crippen LogP contribution in [0.1, 0.15) is 19.4 Å². The summed E-state index contributed by atoms with van der Waals surface area (Å²) < 4.78 is 0. The molecule has 2 rings (SSSR count). The summed E-state index contributed by atoms with van der Waals surface area (Å²) in [5, 5.41) is 12.5. The molecule has 5 nitrogen and oxygen atoms in total. The molecule has 1 aromatic carbocycles. The number of benzene rings is 1. The molecule has 1 aliphatic heterocycles. The molecule has 0 spiro atoms. The van der Waals surface area contributed by atoms with Crippen LogP contribution in [0.3, 0.4) is 0 Å². The molecule has 21 heavy (non-hydrogen) atoms. The number of hydrogen-bond acceptors (Lipinski definition) is 4. The first-order valence-electron chi connectivity index (χ1n) is 7.21. The largest absolute Gasteiger partial charge is 0.314 e. The van der Waals surface area contributed by atoms with Gasteiger partial charge in [-0.25, -0.2) is 0 Å². The SMILES string of the molecule is CN(C(=O)C(C)(C)N1CCNCC1)c1ccccc1C#N. The second kappa shape index (κ2) is 6.25. The quantitative estimate of drug-likeness (QED) is 0.907. The summed E-state index contributed by atoms with van der Waals surface area (Å²) >= 11 is 0. The van der Waals surface area contributed by atoms with Gasteiger partial charge in [-0.05, 0) is 26.0 Å². The fourth-order valence-electron chi connectivity index (χ4n) is 2.74. The van der Waals surface area contributed by atoms with Crippen LogP contribution in [0.4, 0.5) is 5.69 Å². The minimum atomic E-state index is -0.584. The Labute approximate surface area is 126 Å². The van der Waals surface area contributed by atoms with Crippen LogP contribution >= 0.6 is 0 Å². The van der Waals surface area contributed by atoms with Gasteiger partial charge in [0.1, 0.15) is 6.07 Å². The Bertz CT molecular complexity index is 556. The number of amides is 1. The molecule has 1 amide bonds. The topological polar surface area (TPSA) is 59.4 Å². The first-order chi connectivity index (χ1) is 9.98. The molecule has 1 saturated heterocycles. The van der Waals surface area contributed by atoms with E-state index in [0.717, 1.165) is 26.2 Å². The first-order valence-corrected chi connectivity index (χ1v) is 7.21. The molecular formula is C16H22N4O. The van der Waals surface area contributed by atoms with Crippen molar-refractivity contribution in [2.24, 2.45) is 0 Å². The van der Waals surface area contributed by atoms with Gasteiger partial charge in [-0.2, -0.15) is 5.26 Å². The average Bonchev–Trinajstić information content (AvgIpc) is 2.54. The molecule has 0 bridgehead atoms. The lowest BCUT2D eigenvalue weighted by molar-refractivity contribution is -0.129. The van der Waals surface area contributed by atoms with Crippen LogP contribution in [0, 0.1) is 11.3 Å². The van der Waals surface area contributed by atoms with E-state index >= 15 is 0 Å². The summed E-state index contributed by atoms with van der Waals surface area (Å²) in [7, 11) is 1.74. The summed E-state index contributed by atoms with van der Waals surface area (Å²) in [4.78, 5) is 16.7. The standard InChI is InChI=1S/C16H22N4O/c1-16(2,20-10-8-18-9-11-20)15(21)19(3)14-7-5-4-6-13(14)12-17/h4-7,18H,8-11H2,1-3H3. The van der Waals surface area contributed by atoms with Crippen LogP contribution in [0.25, 0.3) is 0 Å². The second-order valence-electron chi connectivity index (χ2n) is 5.79. The van der Waals surface area contributed by atoms with Crippen molar-refractivity contribution in [2.45, 2.75) is 19.4 Å². The van der Waals surface area contributed by atoms with Crippen LogP contribution in [0.2, 0.25) is 0 Å². The molecule has 5 heteroatoms. The number of nitrogens with one attached hydrogen (secondary N) is 1. The summed E-state index contributed by atoms with van der Waals surface area (Å²) in [5.41, 5.74) is 0.594. The van der Waals surface area contributed by atoms with Gasteiger partial charge in [0, 0.05) is 33.2 Å². The highest BCUT2D eigenvalue weighted by Crippen LogP contribution is 2.24. The third-order valence-corrected chi connectivity index (χ3v) is 4.12. The lowest BCUT2D eigenvalue weighted by atomic mass is 9.99.